The van der Waals surface area contributed by atoms with Gasteiger partial charge < -0.3 is 14.4 Å². The van der Waals surface area contributed by atoms with Crippen LogP contribution in [0.2, 0.25) is 0 Å². The van der Waals surface area contributed by atoms with Gasteiger partial charge in [0, 0.05) is 25.9 Å². The number of ether oxygens (including phenoxy) is 2. The lowest BCUT2D eigenvalue weighted by molar-refractivity contribution is -0.152. The molecule has 0 amide bonds. The number of carbonyl (C=O) groups excluding carboxylic acids is 1. The zero-order valence-electron chi connectivity index (χ0n) is 10.9. The third-order valence-corrected chi connectivity index (χ3v) is 3.46. The van der Waals surface area contributed by atoms with E-state index >= 15 is 0 Å². The average Bonchev–Trinajstić information content (AvgIpc) is 2.88. The van der Waals surface area contributed by atoms with E-state index in [0.29, 0.717) is 19.8 Å². The van der Waals surface area contributed by atoms with Crippen LogP contribution in [0, 0.1) is 5.41 Å². The summed E-state index contributed by atoms with van der Waals surface area (Å²) in [6.45, 7) is 1.68. The fourth-order valence-corrected chi connectivity index (χ4v) is 2.40. The molecule has 0 aliphatic carbocycles. The summed E-state index contributed by atoms with van der Waals surface area (Å²) < 4.78 is 10.3. The van der Waals surface area contributed by atoms with Gasteiger partial charge in [-0.15, -0.1) is 0 Å². The summed E-state index contributed by atoms with van der Waals surface area (Å²) in [4.78, 5) is 14.0. The van der Waals surface area contributed by atoms with Gasteiger partial charge in [-0.3, -0.25) is 4.79 Å². The summed E-state index contributed by atoms with van der Waals surface area (Å²) in [5, 5.41) is 0. The van der Waals surface area contributed by atoms with Crippen LogP contribution in [0.15, 0.2) is 30.3 Å². The van der Waals surface area contributed by atoms with Gasteiger partial charge in [-0.1, -0.05) is 18.2 Å². The van der Waals surface area contributed by atoms with Gasteiger partial charge in [-0.25, -0.2) is 0 Å². The Labute approximate surface area is 107 Å². The molecular weight excluding hydrogens is 230 g/mol. The van der Waals surface area contributed by atoms with Gasteiger partial charge in [0.25, 0.3) is 0 Å². The van der Waals surface area contributed by atoms with E-state index in [0.717, 1.165) is 12.1 Å². The van der Waals surface area contributed by atoms with E-state index in [2.05, 4.69) is 4.90 Å². The van der Waals surface area contributed by atoms with Crippen molar-refractivity contribution in [1.29, 1.82) is 0 Å². The Morgan fingerprint density at radius 2 is 2.17 bits per heavy atom. The van der Waals surface area contributed by atoms with E-state index in [1.807, 2.05) is 37.4 Å². The summed E-state index contributed by atoms with van der Waals surface area (Å²) in [5.41, 5.74) is 0.562. The zero-order valence-corrected chi connectivity index (χ0v) is 10.9. The summed E-state index contributed by atoms with van der Waals surface area (Å²) in [6, 6.07) is 10.0. The summed E-state index contributed by atoms with van der Waals surface area (Å²) in [6.07, 6.45) is 0.719. The largest absolute Gasteiger partial charge is 0.468 e. The predicted octanol–water partition coefficient (Wildman–Crippen LogP) is 1.70. The van der Waals surface area contributed by atoms with Gasteiger partial charge in [0.1, 0.15) is 5.41 Å². The van der Waals surface area contributed by atoms with Crippen LogP contribution in [-0.4, -0.2) is 39.9 Å². The number of esters is 1. The van der Waals surface area contributed by atoms with E-state index in [-0.39, 0.29) is 5.97 Å². The van der Waals surface area contributed by atoms with Crippen LogP contribution >= 0.6 is 0 Å². The molecule has 1 atom stereocenters. The molecule has 1 fully saturated rings. The number of methoxy groups -OCH3 is 1. The van der Waals surface area contributed by atoms with Crippen LogP contribution in [0.25, 0.3) is 0 Å². The highest BCUT2D eigenvalue weighted by atomic mass is 16.5. The third kappa shape index (κ3) is 2.48. The van der Waals surface area contributed by atoms with Gasteiger partial charge >= 0.3 is 5.97 Å². The molecule has 1 unspecified atom stereocenters. The first-order valence-electron chi connectivity index (χ1n) is 6.10. The Kier molecular flexibility index (Phi) is 3.87. The number of para-hydroxylation sites is 1. The minimum atomic E-state index is -0.528. The van der Waals surface area contributed by atoms with Crippen LogP contribution in [0.3, 0.4) is 0 Å². The molecule has 1 aliphatic heterocycles. The Bertz CT molecular complexity index is 399. The number of nitrogens with zero attached hydrogens (tertiary/aromatic N) is 1. The van der Waals surface area contributed by atoms with Crippen LogP contribution in [0.5, 0.6) is 0 Å². The van der Waals surface area contributed by atoms with Crippen molar-refractivity contribution in [3.8, 4) is 0 Å². The Balaban J connectivity index is 2.12. The molecule has 0 radical (unpaired) electrons. The lowest BCUT2D eigenvalue weighted by atomic mass is 9.86. The van der Waals surface area contributed by atoms with Gasteiger partial charge in [-0.05, 0) is 18.6 Å². The van der Waals surface area contributed by atoms with Crippen LogP contribution in [0.4, 0.5) is 5.69 Å². The zero-order chi connectivity index (χ0) is 13.0. The van der Waals surface area contributed by atoms with E-state index < -0.39 is 5.41 Å². The molecule has 0 N–H and O–H groups in total. The molecule has 1 aromatic rings. The molecule has 4 nitrogen and oxygen atoms in total. The predicted molar refractivity (Wildman–Crippen MR) is 69.6 cm³/mol. The van der Waals surface area contributed by atoms with E-state index in [9.17, 15) is 4.79 Å². The fourth-order valence-electron chi connectivity index (χ4n) is 2.40. The molecule has 0 saturated carbocycles. The molecule has 1 saturated heterocycles. The first-order valence-corrected chi connectivity index (χ1v) is 6.10. The molecular formula is C14H19NO3. The number of hydrogen-bond acceptors (Lipinski definition) is 4. The fraction of sp³-hybridized carbons (Fsp3) is 0.500. The second kappa shape index (κ2) is 5.40. The van der Waals surface area contributed by atoms with E-state index in [1.54, 1.807) is 0 Å². The minimum absolute atomic E-state index is 0.178. The van der Waals surface area contributed by atoms with Crippen molar-refractivity contribution in [2.45, 2.75) is 6.42 Å². The maximum absolute atomic E-state index is 12.0. The van der Waals surface area contributed by atoms with Gasteiger partial charge in [0.15, 0.2) is 0 Å². The van der Waals surface area contributed by atoms with Crippen molar-refractivity contribution in [2.75, 3.05) is 38.8 Å². The normalized spacial score (nSPS) is 22.8. The maximum Gasteiger partial charge on any atom is 0.316 e. The van der Waals surface area contributed by atoms with Crippen LogP contribution in [-0.2, 0) is 14.3 Å². The van der Waals surface area contributed by atoms with E-state index in [4.69, 9.17) is 9.47 Å². The van der Waals surface area contributed by atoms with Crippen molar-refractivity contribution >= 4 is 11.7 Å². The minimum Gasteiger partial charge on any atom is -0.468 e. The van der Waals surface area contributed by atoms with Crippen molar-refractivity contribution in [3.05, 3.63) is 30.3 Å². The van der Waals surface area contributed by atoms with Crippen molar-refractivity contribution < 1.29 is 14.3 Å². The molecule has 0 bridgehead atoms. The number of hydrogen-bond donors (Lipinski definition) is 0. The highest BCUT2D eigenvalue weighted by Gasteiger charge is 2.44. The Hall–Kier alpha value is -1.55. The third-order valence-electron chi connectivity index (χ3n) is 3.46. The van der Waals surface area contributed by atoms with Gasteiger partial charge in [-0.2, -0.15) is 0 Å². The molecule has 98 valence electrons. The first kappa shape index (κ1) is 12.9. The summed E-state index contributed by atoms with van der Waals surface area (Å²) >= 11 is 0. The number of benzene rings is 1. The Morgan fingerprint density at radius 3 is 2.72 bits per heavy atom. The summed E-state index contributed by atoms with van der Waals surface area (Å²) in [7, 11) is 3.42. The highest BCUT2D eigenvalue weighted by molar-refractivity contribution is 5.78. The Morgan fingerprint density at radius 1 is 1.44 bits per heavy atom. The lowest BCUT2D eigenvalue weighted by Gasteiger charge is -2.30. The molecule has 0 spiro atoms. The first-order chi connectivity index (χ1) is 8.68. The molecule has 18 heavy (non-hydrogen) atoms. The quantitative estimate of drug-likeness (QED) is 0.761. The molecule has 1 heterocycles. The molecule has 1 aliphatic rings. The topological polar surface area (TPSA) is 38.8 Å². The molecule has 0 aromatic heterocycles. The van der Waals surface area contributed by atoms with Crippen molar-refractivity contribution in [2.24, 2.45) is 5.41 Å². The standard InChI is InChI=1S/C14H19NO3/c1-15(12-6-4-3-5-7-12)10-14(13(16)17-2)8-9-18-11-14/h3-7H,8-11H2,1-2H3. The SMILES string of the molecule is COC(=O)C1(CN(C)c2ccccc2)CCOC1. The molecule has 1 aromatic carbocycles. The second-order valence-corrected chi connectivity index (χ2v) is 4.77. The number of rotatable bonds is 4. The molecule has 4 heteroatoms. The highest BCUT2D eigenvalue weighted by Crippen LogP contribution is 2.32. The monoisotopic (exact) mass is 249 g/mol. The molecule has 2 rings (SSSR count). The van der Waals surface area contributed by atoms with Gasteiger partial charge in [0.2, 0.25) is 0 Å². The lowest BCUT2D eigenvalue weighted by Crippen LogP contribution is -2.43. The number of anilines is 1. The maximum atomic E-state index is 12.0. The van der Waals surface area contributed by atoms with Crippen LogP contribution < -0.4 is 4.90 Å². The summed E-state index contributed by atoms with van der Waals surface area (Å²) in [5.74, 6) is -0.178. The van der Waals surface area contributed by atoms with Crippen molar-refractivity contribution in [3.63, 3.8) is 0 Å². The van der Waals surface area contributed by atoms with Gasteiger partial charge in [0.05, 0.1) is 13.7 Å². The van der Waals surface area contributed by atoms with Crippen LogP contribution in [0.1, 0.15) is 6.42 Å². The smallest absolute Gasteiger partial charge is 0.316 e. The van der Waals surface area contributed by atoms with Crippen molar-refractivity contribution in [1.82, 2.24) is 0 Å². The second-order valence-electron chi connectivity index (χ2n) is 4.77. The average molecular weight is 249 g/mol. The van der Waals surface area contributed by atoms with E-state index in [1.165, 1.54) is 7.11 Å². The number of carbonyl (C=O) groups is 1.